The van der Waals surface area contributed by atoms with Gasteiger partial charge in [0.2, 0.25) is 5.95 Å². The molecule has 1 aliphatic heterocycles. The molecule has 7 nitrogen and oxygen atoms in total. The Bertz CT molecular complexity index is 961. The van der Waals surface area contributed by atoms with Crippen LogP contribution in [0.2, 0.25) is 0 Å². The third-order valence-electron chi connectivity index (χ3n) is 3.93. The third kappa shape index (κ3) is 3.03. The number of nitrogens with one attached hydrogen (secondary N) is 2. The summed E-state index contributed by atoms with van der Waals surface area (Å²) in [6.07, 6.45) is 1.23. The van der Waals surface area contributed by atoms with E-state index in [9.17, 15) is 4.79 Å². The Morgan fingerprint density at radius 3 is 2.84 bits per heavy atom. The number of guanidine groups is 1. The second-order valence-electron chi connectivity index (χ2n) is 5.76. The maximum Gasteiger partial charge on any atom is 0.257 e. The van der Waals surface area contributed by atoms with Crippen molar-refractivity contribution in [3.05, 3.63) is 82.2 Å². The summed E-state index contributed by atoms with van der Waals surface area (Å²) < 4.78 is 6.90. The van der Waals surface area contributed by atoms with E-state index in [1.165, 1.54) is 6.07 Å². The number of nitrogens with zero attached hydrogens (tertiary/aromatic N) is 3. The van der Waals surface area contributed by atoms with Gasteiger partial charge in [-0.2, -0.15) is 0 Å². The Morgan fingerprint density at radius 1 is 1.24 bits per heavy atom. The molecule has 2 aromatic heterocycles. The largest absolute Gasteiger partial charge is 0.467 e. The van der Waals surface area contributed by atoms with E-state index in [0.717, 1.165) is 11.3 Å². The number of benzene rings is 1. The molecular formula is C18H17N5O2. The van der Waals surface area contributed by atoms with E-state index >= 15 is 0 Å². The molecule has 2 N–H and O–H groups in total. The minimum absolute atomic E-state index is 0.124. The highest BCUT2D eigenvalue weighted by atomic mass is 16.3. The smallest absolute Gasteiger partial charge is 0.257 e. The van der Waals surface area contributed by atoms with E-state index < -0.39 is 0 Å². The summed E-state index contributed by atoms with van der Waals surface area (Å²) >= 11 is 0. The number of aliphatic imine (C=N–C) groups is 1. The average molecular weight is 335 g/mol. The maximum absolute atomic E-state index is 12.5. The van der Waals surface area contributed by atoms with Crippen molar-refractivity contribution >= 4 is 11.9 Å². The lowest BCUT2D eigenvalue weighted by Crippen LogP contribution is -2.48. The third-order valence-corrected chi connectivity index (χ3v) is 3.93. The fourth-order valence-corrected chi connectivity index (χ4v) is 2.79. The molecule has 0 bridgehead atoms. The molecule has 4 rings (SSSR count). The van der Waals surface area contributed by atoms with Crippen molar-refractivity contribution in [2.45, 2.75) is 19.6 Å². The molecule has 0 saturated carbocycles. The van der Waals surface area contributed by atoms with Crippen LogP contribution in [-0.2, 0) is 6.54 Å². The van der Waals surface area contributed by atoms with Crippen LogP contribution in [-0.4, -0.2) is 15.5 Å². The molecule has 1 atom stereocenters. The van der Waals surface area contributed by atoms with Crippen molar-refractivity contribution in [1.82, 2.24) is 14.9 Å². The van der Waals surface area contributed by atoms with Crippen molar-refractivity contribution < 1.29 is 4.42 Å². The number of hydrogen-bond acceptors (Lipinski definition) is 4. The summed E-state index contributed by atoms with van der Waals surface area (Å²) in [7, 11) is 0. The van der Waals surface area contributed by atoms with Gasteiger partial charge >= 0.3 is 0 Å². The molecular weight excluding hydrogens is 318 g/mol. The second kappa shape index (κ2) is 6.27. The molecule has 0 spiro atoms. The summed E-state index contributed by atoms with van der Waals surface area (Å²) in [5, 5.41) is 6.36. The van der Waals surface area contributed by atoms with E-state index in [1.54, 1.807) is 17.8 Å². The van der Waals surface area contributed by atoms with Gasteiger partial charge in [-0.15, -0.1) is 0 Å². The predicted octanol–water partition coefficient (Wildman–Crippen LogP) is 2.26. The summed E-state index contributed by atoms with van der Waals surface area (Å²) in [5.41, 5.74) is 1.48. The van der Waals surface area contributed by atoms with Gasteiger partial charge in [0.25, 0.3) is 5.56 Å². The minimum Gasteiger partial charge on any atom is -0.467 e. The van der Waals surface area contributed by atoms with Gasteiger partial charge < -0.3 is 9.73 Å². The Balaban J connectivity index is 1.75. The molecule has 1 aliphatic rings. The molecule has 3 aromatic rings. The molecule has 0 saturated heterocycles. The first-order valence-electron chi connectivity index (χ1n) is 7.96. The van der Waals surface area contributed by atoms with E-state index in [1.807, 2.05) is 42.5 Å². The first-order valence-corrected chi connectivity index (χ1v) is 7.96. The topological polar surface area (TPSA) is 84.5 Å². The van der Waals surface area contributed by atoms with Gasteiger partial charge in [-0.25, -0.2) is 9.98 Å². The Labute approximate surface area is 144 Å². The van der Waals surface area contributed by atoms with Crippen LogP contribution in [0.5, 0.6) is 0 Å². The summed E-state index contributed by atoms with van der Waals surface area (Å²) in [6, 6.07) is 14.9. The zero-order valence-electron chi connectivity index (χ0n) is 13.6. The summed E-state index contributed by atoms with van der Waals surface area (Å²) in [6.45, 7) is 2.18. The predicted molar refractivity (Wildman–Crippen MR) is 94.4 cm³/mol. The van der Waals surface area contributed by atoms with Crippen LogP contribution in [0.1, 0.15) is 23.2 Å². The lowest BCUT2D eigenvalue weighted by Gasteiger charge is -2.30. The van der Waals surface area contributed by atoms with Gasteiger partial charge in [0.15, 0.2) is 5.96 Å². The van der Waals surface area contributed by atoms with Crippen LogP contribution in [0.4, 0.5) is 5.95 Å². The first kappa shape index (κ1) is 15.2. The van der Waals surface area contributed by atoms with Crippen molar-refractivity contribution in [3.8, 4) is 0 Å². The molecule has 0 aliphatic carbocycles. The standard InChI is InChI=1S/C18H17N5O2/c1-12-10-15(24)23-16(13-6-3-2-4-7-13)21-17(22-18(23)20-12)19-11-14-8-5-9-25-14/h2-10,16H,11H2,1H3,(H2,19,20,21,22)/t16-/m1/s1. The molecule has 0 fully saturated rings. The second-order valence-corrected chi connectivity index (χ2v) is 5.76. The SMILES string of the molecule is Cc1cc(=O)n2c(n1)NC(=NCc1ccco1)N[C@H]2c1ccccc1. The Hall–Kier alpha value is -3.35. The zero-order valence-corrected chi connectivity index (χ0v) is 13.6. The molecule has 0 amide bonds. The molecule has 0 radical (unpaired) electrons. The van der Waals surface area contributed by atoms with Gasteiger partial charge in [0.1, 0.15) is 18.5 Å². The molecule has 1 aromatic carbocycles. The lowest BCUT2D eigenvalue weighted by atomic mass is 10.1. The van der Waals surface area contributed by atoms with Gasteiger partial charge in [-0.05, 0) is 24.6 Å². The fourth-order valence-electron chi connectivity index (χ4n) is 2.79. The Kier molecular flexibility index (Phi) is 3.81. The average Bonchev–Trinajstić information content (AvgIpc) is 3.13. The van der Waals surface area contributed by atoms with Crippen molar-refractivity contribution in [2.75, 3.05) is 5.32 Å². The quantitative estimate of drug-likeness (QED) is 0.767. The first-order chi connectivity index (χ1) is 12.2. The van der Waals surface area contributed by atoms with E-state index in [0.29, 0.717) is 24.1 Å². The van der Waals surface area contributed by atoms with Crippen molar-refractivity contribution in [2.24, 2.45) is 4.99 Å². The van der Waals surface area contributed by atoms with Crippen LogP contribution in [0.3, 0.4) is 0 Å². The molecule has 7 heteroatoms. The lowest BCUT2D eigenvalue weighted by molar-refractivity contribution is 0.502. The van der Waals surface area contributed by atoms with Gasteiger partial charge in [0, 0.05) is 11.8 Å². The zero-order chi connectivity index (χ0) is 17.2. The molecule has 25 heavy (non-hydrogen) atoms. The number of fused-ring (bicyclic) bond motifs is 1. The molecule has 3 heterocycles. The van der Waals surface area contributed by atoms with Crippen molar-refractivity contribution in [3.63, 3.8) is 0 Å². The van der Waals surface area contributed by atoms with E-state index in [-0.39, 0.29) is 11.7 Å². The molecule has 0 unspecified atom stereocenters. The fraction of sp³-hybridized carbons (Fsp3) is 0.167. The highest BCUT2D eigenvalue weighted by molar-refractivity contribution is 5.93. The minimum atomic E-state index is -0.381. The monoisotopic (exact) mass is 335 g/mol. The molecule has 126 valence electrons. The number of hydrogen-bond donors (Lipinski definition) is 2. The maximum atomic E-state index is 12.5. The number of aromatic nitrogens is 2. The normalized spacial score (nSPS) is 17.6. The van der Waals surface area contributed by atoms with E-state index in [2.05, 4.69) is 20.6 Å². The highest BCUT2D eigenvalue weighted by Gasteiger charge is 2.26. The number of furan rings is 1. The summed E-state index contributed by atoms with van der Waals surface area (Å²) in [5.74, 6) is 1.77. The van der Waals surface area contributed by atoms with E-state index in [4.69, 9.17) is 4.42 Å². The van der Waals surface area contributed by atoms with Gasteiger partial charge in [-0.1, -0.05) is 30.3 Å². The van der Waals surface area contributed by atoms with Gasteiger partial charge in [-0.3, -0.25) is 14.7 Å². The van der Waals surface area contributed by atoms with Crippen LogP contribution >= 0.6 is 0 Å². The highest BCUT2D eigenvalue weighted by Crippen LogP contribution is 2.21. The van der Waals surface area contributed by atoms with Crippen LogP contribution in [0.25, 0.3) is 0 Å². The number of rotatable bonds is 3. The Morgan fingerprint density at radius 2 is 2.08 bits per heavy atom. The number of aryl methyl sites for hydroxylation is 1. The van der Waals surface area contributed by atoms with Crippen molar-refractivity contribution in [1.29, 1.82) is 0 Å². The van der Waals surface area contributed by atoms with Gasteiger partial charge in [0.05, 0.1) is 6.26 Å². The van der Waals surface area contributed by atoms with Crippen LogP contribution in [0, 0.1) is 6.92 Å². The summed E-state index contributed by atoms with van der Waals surface area (Å²) in [4.78, 5) is 21.5. The van der Waals surface area contributed by atoms with Crippen LogP contribution < -0.4 is 16.2 Å². The van der Waals surface area contributed by atoms with Crippen LogP contribution in [0.15, 0.2) is 69.0 Å². The number of anilines is 1.